The first-order valence-corrected chi connectivity index (χ1v) is 8.06. The molecule has 2 atom stereocenters. The van der Waals surface area contributed by atoms with Crippen LogP contribution in [0.5, 0.6) is 0 Å². The van der Waals surface area contributed by atoms with Gasteiger partial charge >= 0.3 is 0 Å². The molecular formula is C16H36N2. The molecule has 2 heteroatoms. The van der Waals surface area contributed by atoms with Gasteiger partial charge in [-0.15, -0.1) is 0 Å². The first-order valence-electron chi connectivity index (χ1n) is 8.06. The molecule has 0 aliphatic heterocycles. The molecule has 0 rings (SSSR count). The minimum absolute atomic E-state index is 0.648. The maximum Gasteiger partial charge on any atom is 0.0192 e. The summed E-state index contributed by atoms with van der Waals surface area (Å²) in [5.41, 5.74) is 0. The SMILES string of the molecule is CCCC(C)NCC(C)N(CC)CC(CC)CC. The lowest BCUT2D eigenvalue weighted by atomic mass is 10.0. The molecule has 0 bridgehead atoms. The molecule has 1 N–H and O–H groups in total. The fraction of sp³-hybridized carbons (Fsp3) is 1.00. The van der Waals surface area contributed by atoms with Gasteiger partial charge in [0.2, 0.25) is 0 Å². The molecule has 0 aliphatic carbocycles. The van der Waals surface area contributed by atoms with Gasteiger partial charge in [-0.1, -0.05) is 47.0 Å². The van der Waals surface area contributed by atoms with Crippen molar-refractivity contribution in [3.8, 4) is 0 Å². The zero-order valence-electron chi connectivity index (χ0n) is 13.6. The summed E-state index contributed by atoms with van der Waals surface area (Å²) in [7, 11) is 0. The Bertz CT molecular complexity index is 178. The quantitative estimate of drug-likeness (QED) is 0.603. The van der Waals surface area contributed by atoms with Crippen molar-refractivity contribution in [2.24, 2.45) is 5.92 Å². The molecule has 0 saturated heterocycles. The zero-order valence-corrected chi connectivity index (χ0v) is 13.6. The first-order chi connectivity index (χ1) is 8.58. The van der Waals surface area contributed by atoms with Gasteiger partial charge in [0, 0.05) is 25.2 Å². The average Bonchev–Trinajstić information content (AvgIpc) is 2.38. The second-order valence-electron chi connectivity index (χ2n) is 5.72. The van der Waals surface area contributed by atoms with E-state index in [1.54, 1.807) is 0 Å². The van der Waals surface area contributed by atoms with Crippen LogP contribution >= 0.6 is 0 Å². The molecule has 110 valence electrons. The molecule has 0 radical (unpaired) electrons. The van der Waals surface area contributed by atoms with Gasteiger partial charge in [0.1, 0.15) is 0 Å². The van der Waals surface area contributed by atoms with Crippen LogP contribution in [0.4, 0.5) is 0 Å². The Hall–Kier alpha value is -0.0800. The van der Waals surface area contributed by atoms with Crippen molar-refractivity contribution in [2.45, 2.75) is 79.3 Å². The lowest BCUT2D eigenvalue weighted by molar-refractivity contribution is 0.174. The fourth-order valence-electron chi connectivity index (χ4n) is 2.54. The van der Waals surface area contributed by atoms with E-state index in [9.17, 15) is 0 Å². The summed E-state index contributed by atoms with van der Waals surface area (Å²) >= 11 is 0. The molecule has 2 unspecified atom stereocenters. The molecule has 2 nitrogen and oxygen atoms in total. The molecule has 0 aromatic heterocycles. The van der Waals surface area contributed by atoms with Crippen molar-refractivity contribution in [3.63, 3.8) is 0 Å². The molecule has 18 heavy (non-hydrogen) atoms. The molecule has 0 amide bonds. The van der Waals surface area contributed by atoms with Crippen molar-refractivity contribution < 1.29 is 0 Å². The van der Waals surface area contributed by atoms with E-state index in [-0.39, 0.29) is 0 Å². The minimum atomic E-state index is 0.648. The molecule has 0 spiro atoms. The molecule has 0 heterocycles. The van der Waals surface area contributed by atoms with E-state index in [2.05, 4.69) is 51.8 Å². The summed E-state index contributed by atoms with van der Waals surface area (Å²) in [5, 5.41) is 3.67. The van der Waals surface area contributed by atoms with Gasteiger partial charge in [-0.2, -0.15) is 0 Å². The van der Waals surface area contributed by atoms with Crippen LogP contribution in [0, 0.1) is 5.92 Å². The summed E-state index contributed by atoms with van der Waals surface area (Å²) in [6, 6.07) is 1.30. The standard InChI is InChI=1S/C16H36N2/c1-7-11-14(5)17-12-15(6)18(10-4)13-16(8-2)9-3/h14-17H,7-13H2,1-6H3. The Morgan fingerprint density at radius 2 is 1.61 bits per heavy atom. The zero-order chi connectivity index (χ0) is 14.0. The molecule has 0 aromatic carbocycles. The number of nitrogens with zero attached hydrogens (tertiary/aromatic N) is 1. The van der Waals surface area contributed by atoms with E-state index in [1.807, 2.05) is 0 Å². The lowest BCUT2D eigenvalue weighted by Crippen LogP contribution is -2.44. The summed E-state index contributed by atoms with van der Waals surface area (Å²) in [6.07, 6.45) is 5.16. The molecular weight excluding hydrogens is 220 g/mol. The van der Waals surface area contributed by atoms with E-state index in [0.29, 0.717) is 12.1 Å². The minimum Gasteiger partial charge on any atom is -0.313 e. The van der Waals surface area contributed by atoms with Crippen LogP contribution in [0.2, 0.25) is 0 Å². The third kappa shape index (κ3) is 7.38. The molecule has 0 saturated carbocycles. The van der Waals surface area contributed by atoms with Crippen LogP contribution in [-0.4, -0.2) is 36.6 Å². The van der Waals surface area contributed by atoms with Crippen molar-refractivity contribution in [1.82, 2.24) is 10.2 Å². The second kappa shape index (κ2) is 10.8. The molecule has 0 aromatic rings. The maximum atomic E-state index is 3.67. The van der Waals surface area contributed by atoms with Crippen molar-refractivity contribution in [1.29, 1.82) is 0 Å². The Kier molecular flexibility index (Phi) is 10.8. The second-order valence-corrected chi connectivity index (χ2v) is 5.72. The van der Waals surface area contributed by atoms with Gasteiger partial charge in [0.05, 0.1) is 0 Å². The predicted octanol–water partition coefficient (Wildman–Crippen LogP) is 3.91. The third-order valence-corrected chi connectivity index (χ3v) is 4.16. The van der Waals surface area contributed by atoms with E-state index in [0.717, 1.165) is 12.5 Å². The Balaban J connectivity index is 4.05. The van der Waals surface area contributed by atoms with E-state index in [4.69, 9.17) is 0 Å². The van der Waals surface area contributed by atoms with Crippen LogP contribution in [-0.2, 0) is 0 Å². The number of hydrogen-bond acceptors (Lipinski definition) is 2. The van der Waals surface area contributed by atoms with Crippen LogP contribution < -0.4 is 5.32 Å². The monoisotopic (exact) mass is 256 g/mol. The normalized spacial score (nSPS) is 15.3. The number of likely N-dealkylation sites (N-methyl/N-ethyl adjacent to an activating group) is 1. The Labute approximate surface area is 116 Å². The average molecular weight is 256 g/mol. The summed E-state index contributed by atoms with van der Waals surface area (Å²) < 4.78 is 0. The van der Waals surface area contributed by atoms with Gasteiger partial charge in [-0.05, 0) is 32.7 Å². The highest BCUT2D eigenvalue weighted by Crippen LogP contribution is 2.12. The Morgan fingerprint density at radius 1 is 1.00 bits per heavy atom. The van der Waals surface area contributed by atoms with Crippen LogP contribution in [0.3, 0.4) is 0 Å². The van der Waals surface area contributed by atoms with Crippen LogP contribution in [0.1, 0.15) is 67.2 Å². The van der Waals surface area contributed by atoms with Crippen molar-refractivity contribution in [2.75, 3.05) is 19.6 Å². The summed E-state index contributed by atoms with van der Waals surface area (Å²) in [6.45, 7) is 17.4. The highest BCUT2D eigenvalue weighted by Gasteiger charge is 2.16. The van der Waals surface area contributed by atoms with Gasteiger partial charge in [-0.25, -0.2) is 0 Å². The number of hydrogen-bond donors (Lipinski definition) is 1. The van der Waals surface area contributed by atoms with Gasteiger partial charge < -0.3 is 5.32 Å². The highest BCUT2D eigenvalue weighted by molar-refractivity contribution is 4.73. The topological polar surface area (TPSA) is 15.3 Å². The molecule has 0 fully saturated rings. The summed E-state index contributed by atoms with van der Waals surface area (Å²) in [5.74, 6) is 0.862. The third-order valence-electron chi connectivity index (χ3n) is 4.16. The van der Waals surface area contributed by atoms with E-state index >= 15 is 0 Å². The van der Waals surface area contributed by atoms with Gasteiger partial charge in [0.25, 0.3) is 0 Å². The lowest BCUT2D eigenvalue weighted by Gasteiger charge is -2.32. The predicted molar refractivity (Wildman–Crippen MR) is 83.2 cm³/mol. The van der Waals surface area contributed by atoms with Gasteiger partial charge in [-0.3, -0.25) is 4.90 Å². The number of nitrogens with one attached hydrogen (secondary N) is 1. The van der Waals surface area contributed by atoms with E-state index in [1.165, 1.54) is 38.8 Å². The fourth-order valence-corrected chi connectivity index (χ4v) is 2.54. The van der Waals surface area contributed by atoms with Crippen molar-refractivity contribution >= 4 is 0 Å². The Morgan fingerprint density at radius 3 is 2.06 bits per heavy atom. The van der Waals surface area contributed by atoms with Crippen LogP contribution in [0.25, 0.3) is 0 Å². The largest absolute Gasteiger partial charge is 0.313 e. The van der Waals surface area contributed by atoms with Crippen molar-refractivity contribution in [3.05, 3.63) is 0 Å². The number of rotatable bonds is 11. The smallest absolute Gasteiger partial charge is 0.0192 e. The summed E-state index contributed by atoms with van der Waals surface area (Å²) in [4.78, 5) is 2.63. The van der Waals surface area contributed by atoms with Crippen LogP contribution in [0.15, 0.2) is 0 Å². The maximum absolute atomic E-state index is 3.67. The van der Waals surface area contributed by atoms with Gasteiger partial charge in [0.15, 0.2) is 0 Å². The highest BCUT2D eigenvalue weighted by atomic mass is 15.2. The molecule has 0 aliphatic rings. The van der Waals surface area contributed by atoms with E-state index < -0.39 is 0 Å². The first kappa shape index (κ1) is 17.9.